The van der Waals surface area contributed by atoms with Gasteiger partial charge in [-0.2, -0.15) is 0 Å². The van der Waals surface area contributed by atoms with Gasteiger partial charge in [0, 0.05) is 19.3 Å². The Morgan fingerprint density at radius 3 is 2.56 bits per heavy atom. The molecule has 0 spiro atoms. The van der Waals surface area contributed by atoms with Gasteiger partial charge in [-0.1, -0.05) is 25.7 Å². The first kappa shape index (κ1) is 12.4. The SMILES string of the molecule is C=c1nc(C)nc(N(C)C)/c1=C/C=C\CC. The molecule has 3 nitrogen and oxygen atoms in total. The van der Waals surface area contributed by atoms with Crippen molar-refractivity contribution >= 4 is 18.5 Å². The van der Waals surface area contributed by atoms with E-state index < -0.39 is 0 Å². The largest absolute Gasteiger partial charge is 0.362 e. The summed E-state index contributed by atoms with van der Waals surface area (Å²) >= 11 is 0. The van der Waals surface area contributed by atoms with Crippen LogP contribution in [0.15, 0.2) is 12.2 Å². The van der Waals surface area contributed by atoms with E-state index in [0.717, 1.165) is 28.6 Å². The zero-order chi connectivity index (χ0) is 12.1. The fourth-order valence-corrected chi connectivity index (χ4v) is 1.44. The molecule has 1 heterocycles. The standard InChI is InChI=1S/C13H19N3/c1-6-7-8-9-12-10(2)14-11(3)15-13(12)16(4)5/h7-9H,2,6H2,1,3-5H3/b8-7-,12-9+. The summed E-state index contributed by atoms with van der Waals surface area (Å²) in [6.45, 7) is 7.95. The third-order valence-corrected chi connectivity index (χ3v) is 2.17. The van der Waals surface area contributed by atoms with Gasteiger partial charge < -0.3 is 4.90 Å². The molecule has 0 N–H and O–H groups in total. The minimum absolute atomic E-state index is 0.755. The molecule has 0 aliphatic rings. The van der Waals surface area contributed by atoms with Crippen molar-refractivity contribution in [3.63, 3.8) is 0 Å². The molecular formula is C13H19N3. The maximum Gasteiger partial charge on any atom is 0.139 e. The first-order chi connectivity index (χ1) is 7.56. The summed E-state index contributed by atoms with van der Waals surface area (Å²) in [5.74, 6) is 1.67. The number of hydrogen-bond donors (Lipinski definition) is 0. The van der Waals surface area contributed by atoms with Gasteiger partial charge >= 0.3 is 0 Å². The predicted octanol–water partition coefficient (Wildman–Crippen LogP) is 1.01. The Kier molecular flexibility index (Phi) is 4.23. The van der Waals surface area contributed by atoms with E-state index in [0.29, 0.717) is 0 Å². The van der Waals surface area contributed by atoms with Crippen LogP contribution in [0.1, 0.15) is 19.2 Å². The van der Waals surface area contributed by atoms with Gasteiger partial charge in [-0.15, -0.1) is 0 Å². The van der Waals surface area contributed by atoms with Gasteiger partial charge in [0.25, 0.3) is 0 Å². The molecule has 16 heavy (non-hydrogen) atoms. The highest BCUT2D eigenvalue weighted by molar-refractivity contribution is 5.48. The Morgan fingerprint density at radius 2 is 2.00 bits per heavy atom. The molecule has 0 radical (unpaired) electrons. The molecule has 0 bridgehead atoms. The van der Waals surface area contributed by atoms with Crippen LogP contribution in [0.2, 0.25) is 0 Å². The fraction of sp³-hybridized carbons (Fsp3) is 0.385. The average Bonchev–Trinajstić information content (AvgIpc) is 2.20. The number of anilines is 1. The number of hydrogen-bond acceptors (Lipinski definition) is 3. The molecule has 0 aliphatic heterocycles. The van der Waals surface area contributed by atoms with E-state index in [1.54, 1.807) is 0 Å². The third kappa shape index (κ3) is 2.92. The second-order valence-electron chi connectivity index (χ2n) is 3.85. The lowest BCUT2D eigenvalue weighted by Crippen LogP contribution is -2.34. The summed E-state index contributed by atoms with van der Waals surface area (Å²) in [7, 11) is 3.95. The zero-order valence-electron chi connectivity index (χ0n) is 10.5. The molecule has 1 rings (SSSR count). The number of aromatic nitrogens is 2. The highest BCUT2D eigenvalue weighted by Crippen LogP contribution is 1.96. The maximum atomic E-state index is 4.42. The van der Waals surface area contributed by atoms with E-state index in [1.165, 1.54) is 0 Å². The molecule has 0 fully saturated rings. The molecule has 0 saturated carbocycles. The van der Waals surface area contributed by atoms with Gasteiger partial charge in [0.2, 0.25) is 0 Å². The monoisotopic (exact) mass is 217 g/mol. The van der Waals surface area contributed by atoms with Crippen LogP contribution < -0.4 is 15.5 Å². The van der Waals surface area contributed by atoms with Gasteiger partial charge in [0.05, 0.1) is 5.35 Å². The fourth-order valence-electron chi connectivity index (χ4n) is 1.44. The van der Waals surface area contributed by atoms with Crippen LogP contribution in [-0.4, -0.2) is 24.1 Å². The lowest BCUT2D eigenvalue weighted by Gasteiger charge is -2.12. The summed E-state index contributed by atoms with van der Waals surface area (Å²) in [6.07, 6.45) is 7.15. The highest BCUT2D eigenvalue weighted by atomic mass is 15.1. The molecule has 0 saturated heterocycles. The van der Waals surface area contributed by atoms with Gasteiger partial charge in [-0.25, -0.2) is 9.97 Å². The van der Waals surface area contributed by atoms with E-state index in [2.05, 4.69) is 29.5 Å². The van der Waals surface area contributed by atoms with Gasteiger partial charge in [-0.3, -0.25) is 0 Å². The number of nitrogens with zero attached hydrogens (tertiary/aromatic N) is 3. The molecule has 1 aromatic heterocycles. The van der Waals surface area contributed by atoms with Crippen molar-refractivity contribution in [2.45, 2.75) is 20.3 Å². The molecule has 0 amide bonds. The molecule has 0 atom stereocenters. The van der Waals surface area contributed by atoms with Crippen LogP contribution in [-0.2, 0) is 0 Å². The molecule has 86 valence electrons. The molecule has 1 aromatic rings. The second-order valence-corrected chi connectivity index (χ2v) is 3.85. The first-order valence-electron chi connectivity index (χ1n) is 5.44. The summed E-state index contributed by atoms with van der Waals surface area (Å²) in [5.41, 5.74) is 0. The Balaban J connectivity index is 3.41. The zero-order valence-corrected chi connectivity index (χ0v) is 10.5. The predicted molar refractivity (Wildman–Crippen MR) is 69.8 cm³/mol. The Labute approximate surface area is 96.8 Å². The van der Waals surface area contributed by atoms with Crippen molar-refractivity contribution in [2.24, 2.45) is 0 Å². The average molecular weight is 217 g/mol. The molecule has 0 aliphatic carbocycles. The topological polar surface area (TPSA) is 29.0 Å². The van der Waals surface area contributed by atoms with Crippen LogP contribution in [0.3, 0.4) is 0 Å². The summed E-state index contributed by atoms with van der Waals surface area (Å²) < 4.78 is 0. The minimum atomic E-state index is 0.755. The number of allylic oxidation sites excluding steroid dienone is 2. The minimum Gasteiger partial charge on any atom is -0.362 e. The molecule has 0 aromatic carbocycles. The summed E-state index contributed by atoms with van der Waals surface area (Å²) in [4.78, 5) is 10.7. The molecular weight excluding hydrogens is 198 g/mol. The van der Waals surface area contributed by atoms with Crippen molar-refractivity contribution in [3.8, 4) is 0 Å². The summed E-state index contributed by atoms with van der Waals surface area (Å²) in [6, 6.07) is 0. The normalized spacial score (nSPS) is 12.4. The second kappa shape index (κ2) is 5.45. The number of aryl methyl sites for hydroxylation is 1. The van der Waals surface area contributed by atoms with E-state index in [4.69, 9.17) is 0 Å². The smallest absolute Gasteiger partial charge is 0.139 e. The number of rotatable bonds is 3. The van der Waals surface area contributed by atoms with E-state index in [9.17, 15) is 0 Å². The van der Waals surface area contributed by atoms with Crippen LogP contribution in [0.25, 0.3) is 12.7 Å². The lowest BCUT2D eigenvalue weighted by atomic mass is 10.3. The lowest BCUT2D eigenvalue weighted by molar-refractivity contribution is 0.956. The van der Waals surface area contributed by atoms with Crippen LogP contribution >= 0.6 is 0 Å². The molecule has 0 unspecified atom stereocenters. The highest BCUT2D eigenvalue weighted by Gasteiger charge is 2.02. The Morgan fingerprint density at radius 1 is 1.31 bits per heavy atom. The van der Waals surface area contributed by atoms with Crippen molar-refractivity contribution < 1.29 is 0 Å². The van der Waals surface area contributed by atoms with Gasteiger partial charge in [0.1, 0.15) is 11.6 Å². The van der Waals surface area contributed by atoms with E-state index in [-0.39, 0.29) is 0 Å². The van der Waals surface area contributed by atoms with Crippen molar-refractivity contribution in [2.75, 3.05) is 19.0 Å². The van der Waals surface area contributed by atoms with Crippen LogP contribution in [0.5, 0.6) is 0 Å². The van der Waals surface area contributed by atoms with E-state index >= 15 is 0 Å². The summed E-state index contributed by atoms with van der Waals surface area (Å²) in [5, 5.41) is 1.76. The van der Waals surface area contributed by atoms with Crippen molar-refractivity contribution in [1.82, 2.24) is 9.97 Å². The van der Waals surface area contributed by atoms with E-state index in [1.807, 2.05) is 38.1 Å². The van der Waals surface area contributed by atoms with Gasteiger partial charge in [-0.05, 0) is 19.4 Å². The van der Waals surface area contributed by atoms with Crippen molar-refractivity contribution in [3.05, 3.63) is 28.5 Å². The van der Waals surface area contributed by atoms with Crippen molar-refractivity contribution in [1.29, 1.82) is 0 Å². The first-order valence-corrected chi connectivity index (χ1v) is 5.44. The van der Waals surface area contributed by atoms with Crippen LogP contribution in [0, 0.1) is 6.92 Å². The third-order valence-electron chi connectivity index (χ3n) is 2.17. The molecule has 3 heteroatoms. The Hall–Kier alpha value is -1.64. The quantitative estimate of drug-likeness (QED) is 0.756. The maximum absolute atomic E-state index is 4.42. The van der Waals surface area contributed by atoms with Gasteiger partial charge in [0.15, 0.2) is 0 Å². The Bertz CT molecular complexity index is 487. The van der Waals surface area contributed by atoms with Crippen LogP contribution in [0.4, 0.5) is 5.82 Å².